The molecule has 1 aromatic heterocycles. The minimum absolute atomic E-state index is 0.326. The monoisotopic (exact) mass is 269 g/mol. The van der Waals surface area contributed by atoms with Crippen LogP contribution in [-0.4, -0.2) is 19.1 Å². The van der Waals surface area contributed by atoms with E-state index < -0.39 is 0 Å². The molecule has 0 fully saturated rings. The second-order valence-electron chi connectivity index (χ2n) is 5.40. The lowest BCUT2D eigenvalue weighted by Crippen LogP contribution is -2.18. The highest BCUT2D eigenvalue weighted by Crippen LogP contribution is 2.18. The minimum atomic E-state index is 0.326. The number of aromatic nitrogens is 1. The molecule has 1 unspecified atom stereocenters. The summed E-state index contributed by atoms with van der Waals surface area (Å²) in [6, 6.07) is 13.2. The van der Waals surface area contributed by atoms with Crippen molar-refractivity contribution in [3.05, 3.63) is 59.4 Å². The zero-order valence-electron chi connectivity index (χ0n) is 12.7. The van der Waals surface area contributed by atoms with Gasteiger partial charge in [0.05, 0.1) is 0 Å². The predicted molar refractivity (Wildman–Crippen MR) is 85.0 cm³/mol. The quantitative estimate of drug-likeness (QED) is 0.902. The molecule has 0 bridgehead atoms. The molecule has 0 aliphatic carbocycles. The van der Waals surface area contributed by atoms with Gasteiger partial charge in [0.25, 0.3) is 0 Å². The lowest BCUT2D eigenvalue weighted by molar-refractivity contribution is 0.574. The molecule has 1 atom stereocenters. The van der Waals surface area contributed by atoms with Crippen molar-refractivity contribution < 1.29 is 0 Å². The summed E-state index contributed by atoms with van der Waals surface area (Å²) in [5.41, 5.74) is 4.80. The van der Waals surface area contributed by atoms with E-state index in [0.29, 0.717) is 6.04 Å². The average molecular weight is 269 g/mol. The Bertz CT molecular complexity index is 529. The van der Waals surface area contributed by atoms with Crippen LogP contribution in [0.5, 0.6) is 0 Å². The average Bonchev–Trinajstić information content (AvgIpc) is 2.46. The van der Waals surface area contributed by atoms with Gasteiger partial charge in [-0.1, -0.05) is 18.2 Å². The van der Waals surface area contributed by atoms with Crippen molar-refractivity contribution in [1.82, 2.24) is 10.3 Å². The van der Waals surface area contributed by atoms with Gasteiger partial charge >= 0.3 is 0 Å². The van der Waals surface area contributed by atoms with E-state index in [2.05, 4.69) is 66.6 Å². The zero-order chi connectivity index (χ0) is 14.5. The summed E-state index contributed by atoms with van der Waals surface area (Å²) in [6.45, 7) is 5.03. The van der Waals surface area contributed by atoms with E-state index in [1.54, 1.807) is 0 Å². The van der Waals surface area contributed by atoms with Gasteiger partial charge in [0, 0.05) is 44.3 Å². The van der Waals surface area contributed by atoms with E-state index in [-0.39, 0.29) is 0 Å². The van der Waals surface area contributed by atoms with Gasteiger partial charge in [0.1, 0.15) is 0 Å². The molecule has 3 nitrogen and oxygen atoms in total. The molecule has 1 heterocycles. The zero-order valence-corrected chi connectivity index (χ0v) is 12.7. The number of nitrogens with zero attached hydrogens (tertiary/aromatic N) is 2. The molecule has 2 aromatic rings. The number of hydrogen-bond acceptors (Lipinski definition) is 3. The van der Waals surface area contributed by atoms with Gasteiger partial charge in [-0.2, -0.15) is 0 Å². The standard InChI is InChI=1S/C17H23N3/c1-13-5-6-15(11-18-13)12-19-14(2)16-7-9-17(10-8-16)20(3)4/h5-11,14,19H,12H2,1-4H3. The van der Waals surface area contributed by atoms with E-state index >= 15 is 0 Å². The van der Waals surface area contributed by atoms with Gasteiger partial charge in [-0.3, -0.25) is 4.98 Å². The Labute approximate surface area is 121 Å². The summed E-state index contributed by atoms with van der Waals surface area (Å²) >= 11 is 0. The van der Waals surface area contributed by atoms with Crippen LogP contribution < -0.4 is 10.2 Å². The van der Waals surface area contributed by atoms with Gasteiger partial charge in [0.15, 0.2) is 0 Å². The Hall–Kier alpha value is -1.87. The van der Waals surface area contributed by atoms with Crippen LogP contribution in [0.1, 0.15) is 29.8 Å². The summed E-state index contributed by atoms with van der Waals surface area (Å²) in [5, 5.41) is 3.53. The maximum atomic E-state index is 4.32. The fourth-order valence-electron chi connectivity index (χ4n) is 2.05. The largest absolute Gasteiger partial charge is 0.378 e. The van der Waals surface area contributed by atoms with E-state index in [1.165, 1.54) is 16.8 Å². The summed E-state index contributed by atoms with van der Waals surface area (Å²) in [4.78, 5) is 6.43. The van der Waals surface area contributed by atoms with E-state index in [9.17, 15) is 0 Å². The van der Waals surface area contributed by atoms with Gasteiger partial charge in [-0.15, -0.1) is 0 Å². The van der Waals surface area contributed by atoms with Crippen molar-refractivity contribution in [1.29, 1.82) is 0 Å². The van der Waals surface area contributed by atoms with Crippen LogP contribution in [0.4, 0.5) is 5.69 Å². The predicted octanol–water partition coefficient (Wildman–Crippen LogP) is 3.31. The Morgan fingerprint density at radius 2 is 1.80 bits per heavy atom. The van der Waals surface area contributed by atoms with Crippen LogP contribution in [0.25, 0.3) is 0 Å². The molecule has 1 N–H and O–H groups in total. The van der Waals surface area contributed by atoms with E-state index in [0.717, 1.165) is 12.2 Å². The highest BCUT2D eigenvalue weighted by Gasteiger charge is 2.05. The number of hydrogen-bond donors (Lipinski definition) is 1. The molecule has 0 aliphatic rings. The van der Waals surface area contributed by atoms with Crippen LogP contribution >= 0.6 is 0 Å². The fourth-order valence-corrected chi connectivity index (χ4v) is 2.05. The highest BCUT2D eigenvalue weighted by molar-refractivity contribution is 5.46. The number of pyridine rings is 1. The number of benzene rings is 1. The third-order valence-corrected chi connectivity index (χ3v) is 3.49. The van der Waals surface area contributed by atoms with E-state index in [1.807, 2.05) is 19.2 Å². The maximum absolute atomic E-state index is 4.32. The van der Waals surface area contributed by atoms with Gasteiger partial charge in [0.2, 0.25) is 0 Å². The second kappa shape index (κ2) is 6.53. The molecule has 0 spiro atoms. The first-order valence-corrected chi connectivity index (χ1v) is 6.98. The molecule has 106 valence electrons. The minimum Gasteiger partial charge on any atom is -0.378 e. The number of rotatable bonds is 5. The lowest BCUT2D eigenvalue weighted by Gasteiger charge is -2.17. The van der Waals surface area contributed by atoms with Crippen molar-refractivity contribution >= 4 is 5.69 Å². The van der Waals surface area contributed by atoms with Crippen LogP contribution in [0.15, 0.2) is 42.6 Å². The molecule has 0 saturated carbocycles. The Balaban J connectivity index is 1.94. The van der Waals surface area contributed by atoms with E-state index in [4.69, 9.17) is 0 Å². The Morgan fingerprint density at radius 3 is 2.35 bits per heavy atom. The fraction of sp³-hybridized carbons (Fsp3) is 0.353. The SMILES string of the molecule is Cc1ccc(CNC(C)c2ccc(N(C)C)cc2)cn1. The Morgan fingerprint density at radius 1 is 1.10 bits per heavy atom. The normalized spacial score (nSPS) is 12.2. The third-order valence-electron chi connectivity index (χ3n) is 3.49. The third kappa shape index (κ3) is 3.81. The molecule has 0 saturated heterocycles. The van der Waals surface area contributed by atoms with Crippen molar-refractivity contribution in [2.45, 2.75) is 26.4 Å². The smallest absolute Gasteiger partial charge is 0.0372 e. The lowest BCUT2D eigenvalue weighted by atomic mass is 10.1. The highest BCUT2D eigenvalue weighted by atomic mass is 15.1. The van der Waals surface area contributed by atoms with Crippen molar-refractivity contribution in [3.63, 3.8) is 0 Å². The number of aryl methyl sites for hydroxylation is 1. The topological polar surface area (TPSA) is 28.2 Å². The van der Waals surface area contributed by atoms with Crippen molar-refractivity contribution in [2.75, 3.05) is 19.0 Å². The molecule has 2 rings (SSSR count). The van der Waals surface area contributed by atoms with Crippen LogP contribution in [-0.2, 0) is 6.54 Å². The molecule has 3 heteroatoms. The maximum Gasteiger partial charge on any atom is 0.0372 e. The molecule has 20 heavy (non-hydrogen) atoms. The van der Waals surface area contributed by atoms with Crippen LogP contribution in [0, 0.1) is 6.92 Å². The first-order valence-electron chi connectivity index (χ1n) is 6.98. The molecular weight excluding hydrogens is 246 g/mol. The number of nitrogens with one attached hydrogen (secondary N) is 1. The first kappa shape index (κ1) is 14.5. The number of anilines is 1. The summed E-state index contributed by atoms with van der Waals surface area (Å²) < 4.78 is 0. The van der Waals surface area contributed by atoms with Crippen molar-refractivity contribution in [3.8, 4) is 0 Å². The molecule has 0 radical (unpaired) electrons. The van der Waals surface area contributed by atoms with Gasteiger partial charge in [-0.05, 0) is 43.2 Å². The summed E-state index contributed by atoms with van der Waals surface area (Å²) in [7, 11) is 4.11. The molecule has 0 aliphatic heterocycles. The van der Waals surface area contributed by atoms with Crippen LogP contribution in [0.3, 0.4) is 0 Å². The van der Waals surface area contributed by atoms with Crippen LogP contribution in [0.2, 0.25) is 0 Å². The molecule has 1 aromatic carbocycles. The molecule has 0 amide bonds. The molecular formula is C17H23N3. The summed E-state index contributed by atoms with van der Waals surface area (Å²) in [6.07, 6.45) is 1.93. The van der Waals surface area contributed by atoms with Gasteiger partial charge < -0.3 is 10.2 Å². The first-order chi connectivity index (χ1) is 9.56. The second-order valence-corrected chi connectivity index (χ2v) is 5.40. The van der Waals surface area contributed by atoms with Gasteiger partial charge in [-0.25, -0.2) is 0 Å². The summed E-state index contributed by atoms with van der Waals surface area (Å²) in [5.74, 6) is 0. The Kier molecular flexibility index (Phi) is 4.74. The van der Waals surface area contributed by atoms with Crippen molar-refractivity contribution in [2.24, 2.45) is 0 Å².